The molecule has 0 saturated carbocycles. The molecule has 1 unspecified atom stereocenters. The monoisotopic (exact) mass is 436 g/mol. The minimum Gasteiger partial charge on any atom is -0.449 e. The number of amides is 1. The third-order valence-electron chi connectivity index (χ3n) is 4.25. The Morgan fingerprint density at radius 1 is 1.13 bits per heavy atom. The van der Waals surface area contributed by atoms with E-state index in [1.807, 2.05) is 6.92 Å². The molecule has 0 aliphatic rings. The zero-order valence-electron chi connectivity index (χ0n) is 18.2. The van der Waals surface area contributed by atoms with Crippen LogP contribution in [0, 0.1) is 13.8 Å². The number of nitrogens with zero attached hydrogens (tertiary/aromatic N) is 2. The van der Waals surface area contributed by atoms with Crippen LogP contribution in [0.4, 0.5) is 5.69 Å². The summed E-state index contributed by atoms with van der Waals surface area (Å²) in [5.74, 6) is -1.22. The molecular formula is C20H28N4O5S. The molecule has 0 aliphatic carbocycles. The van der Waals surface area contributed by atoms with E-state index in [0.717, 1.165) is 5.69 Å². The van der Waals surface area contributed by atoms with Crippen LogP contribution in [0.2, 0.25) is 0 Å². The highest BCUT2D eigenvalue weighted by atomic mass is 32.2. The smallest absolute Gasteiger partial charge is 0.338 e. The third kappa shape index (κ3) is 5.67. The predicted octanol–water partition coefficient (Wildman–Crippen LogP) is 2.30. The van der Waals surface area contributed by atoms with Crippen LogP contribution in [0.3, 0.4) is 0 Å². The summed E-state index contributed by atoms with van der Waals surface area (Å²) in [5.41, 5.74) is 1.51. The Kier molecular flexibility index (Phi) is 6.73. The van der Waals surface area contributed by atoms with Crippen molar-refractivity contribution in [2.45, 2.75) is 58.1 Å². The zero-order valence-corrected chi connectivity index (χ0v) is 19.0. The van der Waals surface area contributed by atoms with Gasteiger partial charge in [-0.2, -0.15) is 5.10 Å². The van der Waals surface area contributed by atoms with Crippen LogP contribution in [0.15, 0.2) is 29.2 Å². The van der Waals surface area contributed by atoms with Crippen molar-refractivity contribution in [1.29, 1.82) is 0 Å². The van der Waals surface area contributed by atoms with Gasteiger partial charge in [-0.1, -0.05) is 0 Å². The van der Waals surface area contributed by atoms with Gasteiger partial charge in [0, 0.05) is 12.6 Å². The quantitative estimate of drug-likeness (QED) is 0.671. The maximum absolute atomic E-state index is 12.4. The standard InChI is InChI=1S/C20H28N4O5S/c1-12-17(13(2)24(7)22-12)21-18(25)14(3)29-19(26)15-8-10-16(11-9-15)30(27,28)23-20(4,5)6/h8-11,14,23H,1-7H3,(H,21,25). The molecule has 0 bridgehead atoms. The van der Waals surface area contributed by atoms with Gasteiger partial charge in [-0.25, -0.2) is 17.9 Å². The number of nitrogens with one attached hydrogen (secondary N) is 2. The lowest BCUT2D eigenvalue weighted by Crippen LogP contribution is -2.40. The van der Waals surface area contributed by atoms with Gasteiger partial charge in [0.05, 0.1) is 27.5 Å². The molecule has 0 spiro atoms. The number of aromatic nitrogens is 2. The molecule has 0 radical (unpaired) electrons. The number of hydrogen-bond acceptors (Lipinski definition) is 6. The van der Waals surface area contributed by atoms with Crippen molar-refractivity contribution < 1.29 is 22.7 Å². The van der Waals surface area contributed by atoms with Gasteiger partial charge in [0.2, 0.25) is 10.0 Å². The Morgan fingerprint density at radius 2 is 1.70 bits per heavy atom. The van der Waals surface area contributed by atoms with Crippen LogP contribution in [-0.4, -0.2) is 41.7 Å². The zero-order chi connectivity index (χ0) is 22.9. The second kappa shape index (κ2) is 8.57. The lowest BCUT2D eigenvalue weighted by Gasteiger charge is -2.20. The van der Waals surface area contributed by atoms with Crippen LogP contribution < -0.4 is 10.0 Å². The lowest BCUT2D eigenvalue weighted by molar-refractivity contribution is -0.123. The number of ether oxygens (including phenoxy) is 1. The molecule has 0 aliphatic heterocycles. The highest BCUT2D eigenvalue weighted by molar-refractivity contribution is 7.89. The first kappa shape index (κ1) is 23.6. The molecule has 1 heterocycles. The average molecular weight is 437 g/mol. The normalized spacial score (nSPS) is 13.0. The van der Waals surface area contributed by atoms with Crippen molar-refractivity contribution in [3.63, 3.8) is 0 Å². The van der Waals surface area contributed by atoms with E-state index >= 15 is 0 Å². The second-order valence-corrected chi connectivity index (χ2v) is 9.77. The maximum Gasteiger partial charge on any atom is 0.338 e. The highest BCUT2D eigenvalue weighted by Gasteiger charge is 2.24. The first-order valence-corrected chi connectivity index (χ1v) is 10.9. The molecule has 2 rings (SSSR count). The molecule has 164 valence electrons. The Labute approximate surface area is 176 Å². The maximum atomic E-state index is 12.4. The number of aryl methyl sites for hydroxylation is 2. The summed E-state index contributed by atoms with van der Waals surface area (Å²) < 4.78 is 34.1. The Morgan fingerprint density at radius 3 is 2.17 bits per heavy atom. The summed E-state index contributed by atoms with van der Waals surface area (Å²) in [4.78, 5) is 24.8. The van der Waals surface area contributed by atoms with E-state index in [2.05, 4.69) is 15.1 Å². The van der Waals surface area contributed by atoms with Gasteiger partial charge in [0.15, 0.2) is 6.10 Å². The molecule has 1 atom stereocenters. The van der Waals surface area contributed by atoms with Crippen LogP contribution in [0.25, 0.3) is 0 Å². The fraction of sp³-hybridized carbons (Fsp3) is 0.450. The molecule has 1 aromatic heterocycles. The van der Waals surface area contributed by atoms with Crippen molar-refractivity contribution in [1.82, 2.24) is 14.5 Å². The molecular weight excluding hydrogens is 408 g/mol. The summed E-state index contributed by atoms with van der Waals surface area (Å²) in [6.07, 6.45) is -1.05. The number of carbonyl (C=O) groups is 2. The molecule has 30 heavy (non-hydrogen) atoms. The van der Waals surface area contributed by atoms with E-state index < -0.39 is 33.5 Å². The van der Waals surface area contributed by atoms with Gasteiger partial charge in [-0.15, -0.1) is 0 Å². The van der Waals surface area contributed by atoms with Gasteiger partial charge >= 0.3 is 5.97 Å². The summed E-state index contributed by atoms with van der Waals surface area (Å²) in [6.45, 7) is 10.2. The second-order valence-electron chi connectivity index (χ2n) is 8.09. The van der Waals surface area contributed by atoms with Crippen LogP contribution in [0.1, 0.15) is 49.4 Å². The first-order chi connectivity index (χ1) is 13.7. The van der Waals surface area contributed by atoms with Crippen molar-refractivity contribution in [2.75, 3.05) is 5.32 Å². The topological polar surface area (TPSA) is 119 Å². The number of sulfonamides is 1. The van der Waals surface area contributed by atoms with E-state index in [9.17, 15) is 18.0 Å². The van der Waals surface area contributed by atoms with E-state index in [-0.39, 0.29) is 10.5 Å². The summed E-state index contributed by atoms with van der Waals surface area (Å²) in [6, 6.07) is 5.33. The SMILES string of the molecule is Cc1nn(C)c(C)c1NC(=O)C(C)OC(=O)c1ccc(S(=O)(=O)NC(C)(C)C)cc1. The molecule has 1 amide bonds. The van der Waals surface area contributed by atoms with E-state index in [1.165, 1.54) is 31.2 Å². The third-order valence-corrected chi connectivity index (χ3v) is 6.02. The Hall–Kier alpha value is -2.72. The van der Waals surface area contributed by atoms with Crippen LogP contribution >= 0.6 is 0 Å². The average Bonchev–Trinajstić information content (AvgIpc) is 2.85. The highest BCUT2D eigenvalue weighted by Crippen LogP contribution is 2.19. The Bertz CT molecular complexity index is 1050. The van der Waals surface area contributed by atoms with Crippen LogP contribution in [-0.2, 0) is 26.6 Å². The lowest BCUT2D eigenvalue weighted by atomic mass is 10.1. The number of benzene rings is 1. The first-order valence-electron chi connectivity index (χ1n) is 9.37. The predicted molar refractivity (Wildman–Crippen MR) is 113 cm³/mol. The fourth-order valence-corrected chi connectivity index (χ4v) is 4.11. The van der Waals surface area contributed by atoms with Crippen molar-refractivity contribution in [3.05, 3.63) is 41.2 Å². The van der Waals surface area contributed by atoms with Crippen LogP contribution in [0.5, 0.6) is 0 Å². The fourth-order valence-electron chi connectivity index (χ4n) is 2.69. The van der Waals surface area contributed by atoms with E-state index in [0.29, 0.717) is 11.4 Å². The van der Waals surface area contributed by atoms with E-state index in [4.69, 9.17) is 4.74 Å². The van der Waals surface area contributed by atoms with Gasteiger partial charge in [-0.3, -0.25) is 9.48 Å². The number of hydrogen-bond donors (Lipinski definition) is 2. The Balaban J connectivity index is 2.06. The molecule has 1 aromatic carbocycles. The number of rotatable bonds is 6. The molecule has 9 nitrogen and oxygen atoms in total. The van der Waals surface area contributed by atoms with Crippen molar-refractivity contribution in [3.8, 4) is 0 Å². The van der Waals surface area contributed by atoms with Gasteiger partial charge in [-0.05, 0) is 65.8 Å². The van der Waals surface area contributed by atoms with Gasteiger partial charge in [0.25, 0.3) is 5.91 Å². The van der Waals surface area contributed by atoms with Gasteiger partial charge < -0.3 is 10.1 Å². The number of anilines is 1. The summed E-state index contributed by atoms with van der Waals surface area (Å²) >= 11 is 0. The molecule has 2 N–H and O–H groups in total. The minimum atomic E-state index is -3.71. The molecule has 10 heteroatoms. The summed E-state index contributed by atoms with van der Waals surface area (Å²) in [7, 11) is -1.95. The van der Waals surface area contributed by atoms with Crippen molar-refractivity contribution in [2.24, 2.45) is 7.05 Å². The molecule has 0 saturated heterocycles. The molecule has 0 fully saturated rings. The molecule has 2 aromatic rings. The largest absolute Gasteiger partial charge is 0.449 e. The van der Waals surface area contributed by atoms with Gasteiger partial charge in [0.1, 0.15) is 0 Å². The number of esters is 1. The number of carbonyl (C=O) groups excluding carboxylic acids is 2. The van der Waals surface area contributed by atoms with E-state index in [1.54, 1.807) is 39.4 Å². The minimum absolute atomic E-state index is 0.0299. The summed E-state index contributed by atoms with van der Waals surface area (Å²) in [5, 5.41) is 6.94. The van der Waals surface area contributed by atoms with Crippen molar-refractivity contribution >= 4 is 27.6 Å².